The molecule has 4 heteroatoms. The van der Waals surface area contributed by atoms with E-state index in [-0.39, 0.29) is 0 Å². The molecule has 2 aromatic heterocycles. The van der Waals surface area contributed by atoms with Crippen molar-refractivity contribution in [2.45, 2.75) is 6.42 Å². The lowest BCUT2D eigenvalue weighted by atomic mass is 10.1. The van der Waals surface area contributed by atoms with Gasteiger partial charge in [0, 0.05) is 12.0 Å². The predicted octanol–water partition coefficient (Wildman–Crippen LogP) is 2.93. The van der Waals surface area contributed by atoms with Crippen molar-refractivity contribution < 1.29 is 13.6 Å². The molecule has 0 fully saturated rings. The molecule has 0 radical (unpaired) electrons. The molecule has 0 N–H and O–H groups in total. The van der Waals surface area contributed by atoms with Gasteiger partial charge in [-0.1, -0.05) is 0 Å². The minimum Gasteiger partial charge on any atom is -0.461 e. The van der Waals surface area contributed by atoms with Gasteiger partial charge in [-0.15, -0.1) is 0 Å². The summed E-state index contributed by atoms with van der Waals surface area (Å²) in [5.74, 6) is 1.04. The normalized spacial score (nSPS) is 10.4. The van der Waals surface area contributed by atoms with Crippen molar-refractivity contribution >= 4 is 17.9 Å². The van der Waals surface area contributed by atoms with E-state index in [0.717, 1.165) is 5.56 Å². The first-order valence-electron chi connectivity index (χ1n) is 4.05. The first-order chi connectivity index (χ1) is 6.79. The van der Waals surface area contributed by atoms with Crippen molar-refractivity contribution in [1.82, 2.24) is 0 Å². The largest absolute Gasteiger partial charge is 0.461 e. The van der Waals surface area contributed by atoms with Gasteiger partial charge in [0.05, 0.1) is 6.26 Å². The van der Waals surface area contributed by atoms with Crippen LogP contribution in [0.4, 0.5) is 0 Å². The monoisotopic (exact) mass is 210 g/mol. The van der Waals surface area contributed by atoms with Gasteiger partial charge in [-0.05, 0) is 29.8 Å². The van der Waals surface area contributed by atoms with Crippen LogP contribution in [0.5, 0.6) is 0 Å². The first kappa shape index (κ1) is 9.09. The molecule has 0 saturated carbocycles. The fourth-order valence-electron chi connectivity index (χ4n) is 1.23. The van der Waals surface area contributed by atoms with E-state index in [1.165, 1.54) is 6.26 Å². The number of hydrogen-bond donors (Lipinski definition) is 0. The lowest BCUT2D eigenvalue weighted by Gasteiger charge is -1.93. The highest BCUT2D eigenvalue weighted by molar-refractivity contribution is 6.28. The van der Waals surface area contributed by atoms with Crippen LogP contribution in [0.3, 0.4) is 0 Å². The summed E-state index contributed by atoms with van der Waals surface area (Å²) in [4.78, 5) is 10.5. The Kier molecular flexibility index (Phi) is 2.41. The molecule has 0 aliphatic carbocycles. The SMILES string of the molecule is O=Cc1occc1Cc1ccc(Cl)o1. The van der Waals surface area contributed by atoms with Gasteiger partial charge in [0.25, 0.3) is 0 Å². The summed E-state index contributed by atoms with van der Waals surface area (Å²) < 4.78 is 10.1. The van der Waals surface area contributed by atoms with Crippen LogP contribution in [-0.4, -0.2) is 6.29 Å². The predicted molar refractivity (Wildman–Crippen MR) is 50.6 cm³/mol. The van der Waals surface area contributed by atoms with E-state index in [1.807, 2.05) is 0 Å². The number of carbonyl (C=O) groups excluding carboxylic acids is 1. The maximum absolute atomic E-state index is 10.5. The van der Waals surface area contributed by atoms with E-state index >= 15 is 0 Å². The quantitative estimate of drug-likeness (QED) is 0.732. The summed E-state index contributed by atoms with van der Waals surface area (Å²) >= 11 is 5.61. The molecule has 0 unspecified atom stereocenters. The molecule has 0 bridgehead atoms. The fourth-order valence-corrected chi connectivity index (χ4v) is 1.39. The molecule has 2 heterocycles. The molecule has 72 valence electrons. The van der Waals surface area contributed by atoms with E-state index in [2.05, 4.69) is 0 Å². The van der Waals surface area contributed by atoms with Gasteiger partial charge in [0.1, 0.15) is 5.76 Å². The zero-order chi connectivity index (χ0) is 9.97. The summed E-state index contributed by atoms with van der Waals surface area (Å²) in [6.45, 7) is 0. The Bertz CT molecular complexity index is 442. The van der Waals surface area contributed by atoms with Crippen LogP contribution < -0.4 is 0 Å². The Morgan fingerprint density at radius 3 is 2.86 bits per heavy atom. The van der Waals surface area contributed by atoms with Crippen molar-refractivity contribution in [1.29, 1.82) is 0 Å². The third-order valence-electron chi connectivity index (χ3n) is 1.88. The second kappa shape index (κ2) is 3.72. The third-order valence-corrected chi connectivity index (χ3v) is 2.08. The molecule has 0 atom stereocenters. The number of rotatable bonds is 3. The Hall–Kier alpha value is -1.48. The molecule has 0 aliphatic heterocycles. The molecule has 0 spiro atoms. The van der Waals surface area contributed by atoms with E-state index < -0.39 is 0 Å². The molecule has 2 aromatic rings. The fraction of sp³-hybridized carbons (Fsp3) is 0.100. The molecular formula is C10H7ClO3. The average Bonchev–Trinajstić information content (AvgIpc) is 2.76. The van der Waals surface area contributed by atoms with Crippen molar-refractivity contribution in [2.75, 3.05) is 0 Å². The van der Waals surface area contributed by atoms with Gasteiger partial charge in [-0.25, -0.2) is 0 Å². The summed E-state index contributed by atoms with van der Waals surface area (Å²) in [5.41, 5.74) is 0.797. The highest BCUT2D eigenvalue weighted by Crippen LogP contribution is 2.18. The van der Waals surface area contributed by atoms with E-state index in [4.69, 9.17) is 20.4 Å². The van der Waals surface area contributed by atoms with Gasteiger partial charge in [-0.3, -0.25) is 4.79 Å². The molecule has 14 heavy (non-hydrogen) atoms. The highest BCUT2D eigenvalue weighted by atomic mass is 35.5. The summed E-state index contributed by atoms with van der Waals surface area (Å²) in [6, 6.07) is 5.17. The molecule has 0 aromatic carbocycles. The van der Waals surface area contributed by atoms with Crippen molar-refractivity contribution in [2.24, 2.45) is 0 Å². The van der Waals surface area contributed by atoms with Gasteiger partial charge in [0.15, 0.2) is 17.3 Å². The van der Waals surface area contributed by atoms with Gasteiger partial charge < -0.3 is 8.83 Å². The van der Waals surface area contributed by atoms with Crippen LogP contribution in [-0.2, 0) is 6.42 Å². The Balaban J connectivity index is 2.22. The lowest BCUT2D eigenvalue weighted by molar-refractivity contribution is 0.109. The van der Waals surface area contributed by atoms with Crippen LogP contribution >= 0.6 is 11.6 Å². The number of hydrogen-bond acceptors (Lipinski definition) is 3. The summed E-state index contributed by atoms with van der Waals surface area (Å²) in [5, 5.41) is 0.344. The van der Waals surface area contributed by atoms with Crippen LogP contribution in [0.2, 0.25) is 5.22 Å². The average molecular weight is 211 g/mol. The Labute approximate surface area is 85.3 Å². The van der Waals surface area contributed by atoms with E-state index in [9.17, 15) is 4.79 Å². The molecule has 2 rings (SSSR count). The highest BCUT2D eigenvalue weighted by Gasteiger charge is 2.08. The summed E-state index contributed by atoms with van der Waals surface area (Å²) in [6.07, 6.45) is 2.67. The van der Waals surface area contributed by atoms with Crippen molar-refractivity contribution in [3.8, 4) is 0 Å². The number of carbonyl (C=O) groups is 1. The molecule has 0 saturated heterocycles. The number of aldehydes is 1. The minimum atomic E-state index is 0.331. The van der Waals surface area contributed by atoms with Gasteiger partial charge >= 0.3 is 0 Å². The smallest absolute Gasteiger partial charge is 0.193 e. The second-order valence-corrected chi connectivity index (χ2v) is 3.18. The van der Waals surface area contributed by atoms with Crippen molar-refractivity contribution in [3.05, 3.63) is 46.8 Å². The van der Waals surface area contributed by atoms with E-state index in [0.29, 0.717) is 29.4 Å². The third kappa shape index (κ3) is 1.72. The Morgan fingerprint density at radius 1 is 1.36 bits per heavy atom. The second-order valence-electron chi connectivity index (χ2n) is 2.81. The lowest BCUT2D eigenvalue weighted by Crippen LogP contribution is -1.87. The maximum Gasteiger partial charge on any atom is 0.193 e. The van der Waals surface area contributed by atoms with Gasteiger partial charge in [0.2, 0.25) is 0 Å². The van der Waals surface area contributed by atoms with Gasteiger partial charge in [-0.2, -0.15) is 0 Å². The minimum absolute atomic E-state index is 0.331. The maximum atomic E-state index is 10.5. The zero-order valence-electron chi connectivity index (χ0n) is 7.20. The van der Waals surface area contributed by atoms with Crippen LogP contribution in [0.25, 0.3) is 0 Å². The number of furan rings is 2. The zero-order valence-corrected chi connectivity index (χ0v) is 7.95. The number of halogens is 1. The van der Waals surface area contributed by atoms with Crippen LogP contribution in [0.15, 0.2) is 33.3 Å². The Morgan fingerprint density at radius 2 is 2.21 bits per heavy atom. The summed E-state index contributed by atoms with van der Waals surface area (Å²) in [7, 11) is 0. The standard InChI is InChI=1S/C10H7ClO3/c11-10-2-1-8(14-10)5-7-3-4-13-9(7)6-12/h1-4,6H,5H2. The first-order valence-corrected chi connectivity index (χ1v) is 4.43. The molecular weight excluding hydrogens is 204 g/mol. The molecule has 0 amide bonds. The molecule has 3 nitrogen and oxygen atoms in total. The van der Waals surface area contributed by atoms with Crippen LogP contribution in [0.1, 0.15) is 21.9 Å². The van der Waals surface area contributed by atoms with Crippen LogP contribution in [0, 0.1) is 0 Å². The van der Waals surface area contributed by atoms with Crippen molar-refractivity contribution in [3.63, 3.8) is 0 Å². The molecule has 0 aliphatic rings. The van der Waals surface area contributed by atoms with E-state index in [1.54, 1.807) is 18.2 Å². The topological polar surface area (TPSA) is 43.4 Å².